The molecule has 2 aliphatic rings. The molecule has 0 bridgehead atoms. The van der Waals surface area contributed by atoms with Crippen LogP contribution in [0.1, 0.15) is 31.2 Å². The number of carbonyl (C=O) groups is 3. The number of allylic oxidation sites excluding steroid dienone is 2. The van der Waals surface area contributed by atoms with Gasteiger partial charge in [-0.25, -0.2) is 0 Å². The van der Waals surface area contributed by atoms with E-state index in [4.69, 9.17) is 11.6 Å². The Kier molecular flexibility index (Phi) is 5.23. The minimum Gasteiger partial charge on any atom is -0.326 e. The normalized spacial score (nSPS) is 22.2. The summed E-state index contributed by atoms with van der Waals surface area (Å²) in [7, 11) is 0. The maximum Gasteiger partial charge on any atom is 0.233 e. The largest absolute Gasteiger partial charge is 0.326 e. The average Bonchev–Trinajstić information content (AvgIpc) is 2.83. The zero-order valence-electron chi connectivity index (χ0n) is 14.1. The summed E-state index contributed by atoms with van der Waals surface area (Å²) in [5.74, 6) is -0.726. The van der Waals surface area contributed by atoms with Crippen molar-refractivity contribution >= 4 is 35.0 Å². The third kappa shape index (κ3) is 3.76. The van der Waals surface area contributed by atoms with E-state index in [1.54, 1.807) is 18.2 Å². The lowest BCUT2D eigenvalue weighted by Gasteiger charge is -2.14. The van der Waals surface area contributed by atoms with Crippen LogP contribution in [0.5, 0.6) is 0 Å². The minimum absolute atomic E-state index is 0.0895. The molecule has 0 aromatic heterocycles. The molecule has 3 amide bonds. The van der Waals surface area contributed by atoms with Gasteiger partial charge in [0, 0.05) is 23.7 Å². The van der Waals surface area contributed by atoms with Gasteiger partial charge in [0.25, 0.3) is 0 Å². The van der Waals surface area contributed by atoms with Crippen LogP contribution >= 0.6 is 11.6 Å². The first-order valence-corrected chi connectivity index (χ1v) is 8.91. The average molecular weight is 361 g/mol. The van der Waals surface area contributed by atoms with Gasteiger partial charge in [0.15, 0.2) is 0 Å². The van der Waals surface area contributed by atoms with Crippen LogP contribution in [-0.4, -0.2) is 29.2 Å². The number of benzene rings is 1. The quantitative estimate of drug-likeness (QED) is 0.647. The van der Waals surface area contributed by atoms with E-state index >= 15 is 0 Å². The number of anilines is 1. The summed E-state index contributed by atoms with van der Waals surface area (Å²) in [5, 5.41) is 3.46. The molecule has 132 valence electrons. The molecular weight excluding hydrogens is 340 g/mol. The van der Waals surface area contributed by atoms with E-state index in [1.807, 2.05) is 19.1 Å². The first kappa shape index (κ1) is 17.7. The van der Waals surface area contributed by atoms with Crippen LogP contribution in [0.25, 0.3) is 0 Å². The number of halogens is 1. The molecule has 1 aromatic rings. The van der Waals surface area contributed by atoms with Crippen LogP contribution in [0.3, 0.4) is 0 Å². The molecule has 3 rings (SSSR count). The highest BCUT2D eigenvalue weighted by Gasteiger charge is 2.46. The van der Waals surface area contributed by atoms with E-state index in [9.17, 15) is 14.4 Å². The van der Waals surface area contributed by atoms with Gasteiger partial charge in [-0.3, -0.25) is 19.3 Å². The van der Waals surface area contributed by atoms with E-state index in [2.05, 4.69) is 5.32 Å². The number of nitrogens with zero attached hydrogens (tertiary/aromatic N) is 1. The third-order valence-corrected chi connectivity index (χ3v) is 5.08. The lowest BCUT2D eigenvalue weighted by molar-refractivity contribution is -0.140. The number of imide groups is 1. The second-order valence-electron chi connectivity index (χ2n) is 6.59. The van der Waals surface area contributed by atoms with Gasteiger partial charge in [-0.1, -0.05) is 23.8 Å². The second-order valence-corrected chi connectivity index (χ2v) is 7.03. The molecule has 1 N–H and O–H groups in total. The van der Waals surface area contributed by atoms with Crippen LogP contribution in [0.4, 0.5) is 5.69 Å². The Hall–Kier alpha value is -2.14. The van der Waals surface area contributed by atoms with Gasteiger partial charge in [0.1, 0.15) is 0 Å². The summed E-state index contributed by atoms with van der Waals surface area (Å²) in [4.78, 5) is 38.1. The molecule has 1 aliphatic heterocycles. The van der Waals surface area contributed by atoms with Gasteiger partial charge in [0.05, 0.1) is 11.8 Å². The van der Waals surface area contributed by atoms with Gasteiger partial charge >= 0.3 is 0 Å². The number of nitrogens with one attached hydrogen (secondary N) is 1. The molecule has 0 spiro atoms. The Morgan fingerprint density at radius 2 is 1.84 bits per heavy atom. The van der Waals surface area contributed by atoms with Crippen LogP contribution in [0.15, 0.2) is 30.4 Å². The molecule has 0 unspecified atom stereocenters. The van der Waals surface area contributed by atoms with Crippen LogP contribution < -0.4 is 5.32 Å². The van der Waals surface area contributed by atoms with Gasteiger partial charge in [-0.05, 0) is 49.9 Å². The Morgan fingerprint density at radius 3 is 2.44 bits per heavy atom. The predicted molar refractivity (Wildman–Crippen MR) is 96.1 cm³/mol. The summed E-state index contributed by atoms with van der Waals surface area (Å²) in [6.07, 6.45) is 5.94. The summed E-state index contributed by atoms with van der Waals surface area (Å²) >= 11 is 5.90. The van der Waals surface area contributed by atoms with E-state index < -0.39 is 0 Å². The van der Waals surface area contributed by atoms with Crippen molar-refractivity contribution in [2.24, 2.45) is 11.8 Å². The SMILES string of the molecule is Cc1cc(Cl)ccc1NC(=O)CCCN1C(=O)[C@@H]2CC=CC[C@H]2C1=O. The topological polar surface area (TPSA) is 66.5 Å². The van der Waals surface area contributed by atoms with Crippen molar-refractivity contribution in [2.45, 2.75) is 32.6 Å². The number of hydrogen-bond donors (Lipinski definition) is 1. The van der Waals surface area contributed by atoms with E-state index in [0.717, 1.165) is 11.3 Å². The van der Waals surface area contributed by atoms with Crippen LogP contribution in [-0.2, 0) is 14.4 Å². The highest BCUT2D eigenvalue weighted by Crippen LogP contribution is 2.35. The summed E-state index contributed by atoms with van der Waals surface area (Å²) in [6, 6.07) is 5.27. The van der Waals surface area contributed by atoms with Crippen molar-refractivity contribution in [3.63, 3.8) is 0 Å². The smallest absolute Gasteiger partial charge is 0.233 e. The molecule has 2 atom stereocenters. The minimum atomic E-state index is -0.206. The molecule has 6 heteroatoms. The standard InChI is InChI=1S/C19H21ClN2O3/c1-12-11-13(20)8-9-16(12)21-17(23)7-4-10-22-18(24)14-5-2-3-6-15(14)19(22)25/h2-3,8-9,11,14-15H,4-7,10H2,1H3,(H,21,23)/t14-,15-/m1/s1. The highest BCUT2D eigenvalue weighted by atomic mass is 35.5. The van der Waals surface area contributed by atoms with Gasteiger partial charge < -0.3 is 5.32 Å². The Labute approximate surface area is 152 Å². The summed E-state index contributed by atoms with van der Waals surface area (Å²) < 4.78 is 0. The number of aryl methyl sites for hydroxylation is 1. The zero-order valence-corrected chi connectivity index (χ0v) is 14.9. The fourth-order valence-electron chi connectivity index (χ4n) is 3.47. The highest BCUT2D eigenvalue weighted by molar-refractivity contribution is 6.30. The van der Waals surface area contributed by atoms with Gasteiger partial charge in [-0.15, -0.1) is 0 Å². The van der Waals surface area contributed by atoms with Gasteiger partial charge in [0.2, 0.25) is 17.7 Å². The van der Waals surface area contributed by atoms with Gasteiger partial charge in [-0.2, -0.15) is 0 Å². The lowest BCUT2D eigenvalue weighted by atomic mass is 9.85. The first-order valence-electron chi connectivity index (χ1n) is 8.53. The van der Waals surface area contributed by atoms with Crippen molar-refractivity contribution in [3.8, 4) is 0 Å². The Morgan fingerprint density at radius 1 is 1.20 bits per heavy atom. The molecule has 5 nitrogen and oxygen atoms in total. The molecular formula is C19H21ClN2O3. The molecule has 0 saturated carbocycles. The number of rotatable bonds is 5. The molecule has 1 aromatic carbocycles. The summed E-state index contributed by atoms with van der Waals surface area (Å²) in [6.45, 7) is 2.18. The molecule has 1 fully saturated rings. The van der Waals surface area contributed by atoms with Crippen molar-refractivity contribution in [1.29, 1.82) is 0 Å². The van der Waals surface area contributed by atoms with Crippen molar-refractivity contribution in [1.82, 2.24) is 4.90 Å². The first-order chi connectivity index (χ1) is 12.0. The van der Waals surface area contributed by atoms with Crippen molar-refractivity contribution in [3.05, 3.63) is 40.9 Å². The lowest BCUT2D eigenvalue weighted by Crippen LogP contribution is -2.32. The Bertz CT molecular complexity index is 718. The fraction of sp³-hybridized carbons (Fsp3) is 0.421. The number of fused-ring (bicyclic) bond motifs is 1. The number of hydrogen-bond acceptors (Lipinski definition) is 3. The molecule has 1 aliphatic carbocycles. The number of likely N-dealkylation sites (tertiary alicyclic amines) is 1. The Balaban J connectivity index is 1.50. The third-order valence-electron chi connectivity index (χ3n) is 4.85. The maximum absolute atomic E-state index is 12.4. The number of carbonyl (C=O) groups excluding carboxylic acids is 3. The molecule has 0 radical (unpaired) electrons. The van der Waals surface area contributed by atoms with Crippen molar-refractivity contribution < 1.29 is 14.4 Å². The maximum atomic E-state index is 12.4. The number of amides is 3. The second kappa shape index (κ2) is 7.40. The van der Waals surface area contributed by atoms with Crippen LogP contribution in [0.2, 0.25) is 5.02 Å². The van der Waals surface area contributed by atoms with E-state index in [1.165, 1.54) is 4.90 Å². The monoisotopic (exact) mass is 360 g/mol. The van der Waals surface area contributed by atoms with E-state index in [0.29, 0.717) is 30.8 Å². The fourth-order valence-corrected chi connectivity index (χ4v) is 3.69. The molecule has 25 heavy (non-hydrogen) atoms. The summed E-state index contributed by atoms with van der Waals surface area (Å²) in [5.41, 5.74) is 1.61. The zero-order chi connectivity index (χ0) is 18.0. The predicted octanol–water partition coefficient (Wildman–Crippen LogP) is 3.32. The molecule has 1 heterocycles. The molecule has 1 saturated heterocycles. The van der Waals surface area contributed by atoms with Crippen LogP contribution in [0, 0.1) is 18.8 Å². The van der Waals surface area contributed by atoms with E-state index in [-0.39, 0.29) is 36.0 Å². The van der Waals surface area contributed by atoms with Crippen molar-refractivity contribution in [2.75, 3.05) is 11.9 Å².